The monoisotopic (exact) mass is 385 g/mol. The fourth-order valence-corrected chi connectivity index (χ4v) is 2.46. The van der Waals surface area contributed by atoms with E-state index in [1.807, 2.05) is 24.3 Å². The maximum absolute atomic E-state index is 11.9. The van der Waals surface area contributed by atoms with Crippen molar-refractivity contribution in [2.24, 2.45) is 0 Å². The number of hydrogen-bond donors (Lipinski definition) is 1. The summed E-state index contributed by atoms with van der Waals surface area (Å²) in [4.78, 5) is 23.7. The van der Waals surface area contributed by atoms with Gasteiger partial charge in [0.05, 0.1) is 25.8 Å². The minimum absolute atomic E-state index is 0.0585. The largest absolute Gasteiger partial charge is 0.495 e. The van der Waals surface area contributed by atoms with E-state index in [2.05, 4.69) is 26.1 Å². The van der Waals surface area contributed by atoms with E-state index in [-0.39, 0.29) is 25.0 Å². The first-order valence-corrected chi connectivity index (χ1v) is 9.11. The average Bonchev–Trinajstić information content (AvgIpc) is 2.66. The van der Waals surface area contributed by atoms with Crippen molar-refractivity contribution < 1.29 is 23.8 Å². The molecule has 1 amide bonds. The van der Waals surface area contributed by atoms with Gasteiger partial charge in [0.2, 0.25) is 0 Å². The van der Waals surface area contributed by atoms with Gasteiger partial charge in [-0.1, -0.05) is 45.0 Å². The summed E-state index contributed by atoms with van der Waals surface area (Å²) in [5, 5.41) is 2.64. The molecule has 1 N–H and O–H groups in total. The van der Waals surface area contributed by atoms with Crippen molar-refractivity contribution in [1.29, 1.82) is 0 Å². The third kappa shape index (κ3) is 6.61. The minimum atomic E-state index is -0.499. The molecular formula is C22H27NO5. The highest BCUT2D eigenvalue weighted by Gasteiger charge is 2.13. The third-order valence-electron chi connectivity index (χ3n) is 4.04. The molecule has 0 aliphatic carbocycles. The van der Waals surface area contributed by atoms with Crippen LogP contribution in [0.2, 0.25) is 0 Å². The zero-order chi connectivity index (χ0) is 20.6. The Hall–Kier alpha value is -3.02. The van der Waals surface area contributed by atoms with Crippen LogP contribution in [0.4, 0.5) is 5.69 Å². The highest BCUT2D eigenvalue weighted by atomic mass is 16.5. The number of anilines is 1. The van der Waals surface area contributed by atoms with Gasteiger partial charge in [0.1, 0.15) is 11.5 Å². The Labute approximate surface area is 165 Å². The molecule has 0 spiro atoms. The molecule has 2 aromatic carbocycles. The summed E-state index contributed by atoms with van der Waals surface area (Å²) in [5.41, 5.74) is 1.81. The van der Waals surface area contributed by atoms with Gasteiger partial charge in [0, 0.05) is 0 Å². The van der Waals surface area contributed by atoms with Gasteiger partial charge >= 0.3 is 5.97 Å². The predicted octanol–water partition coefficient (Wildman–Crippen LogP) is 3.94. The van der Waals surface area contributed by atoms with Gasteiger partial charge in [-0.2, -0.15) is 0 Å². The lowest BCUT2D eigenvalue weighted by atomic mass is 9.87. The summed E-state index contributed by atoms with van der Waals surface area (Å²) < 4.78 is 15.7. The van der Waals surface area contributed by atoms with Gasteiger partial charge < -0.3 is 19.5 Å². The predicted molar refractivity (Wildman–Crippen MR) is 108 cm³/mol. The van der Waals surface area contributed by atoms with Gasteiger partial charge in [0.25, 0.3) is 5.91 Å². The fourth-order valence-electron chi connectivity index (χ4n) is 2.46. The van der Waals surface area contributed by atoms with Crippen molar-refractivity contribution in [3.63, 3.8) is 0 Å². The lowest BCUT2D eigenvalue weighted by Crippen LogP contribution is -2.22. The van der Waals surface area contributed by atoms with Crippen LogP contribution in [0.5, 0.6) is 11.5 Å². The van der Waals surface area contributed by atoms with E-state index in [4.69, 9.17) is 14.2 Å². The summed E-state index contributed by atoms with van der Waals surface area (Å²) in [5.74, 6) is 0.292. The molecule has 0 unspecified atom stereocenters. The van der Waals surface area contributed by atoms with Gasteiger partial charge in [-0.15, -0.1) is 0 Å². The van der Waals surface area contributed by atoms with E-state index >= 15 is 0 Å². The number of benzene rings is 2. The van der Waals surface area contributed by atoms with Crippen LogP contribution in [0.25, 0.3) is 0 Å². The Balaban J connectivity index is 1.70. The van der Waals surface area contributed by atoms with Crippen molar-refractivity contribution in [1.82, 2.24) is 0 Å². The van der Waals surface area contributed by atoms with E-state index in [0.29, 0.717) is 17.2 Å². The van der Waals surface area contributed by atoms with Gasteiger partial charge in [-0.3, -0.25) is 9.59 Å². The Morgan fingerprint density at radius 2 is 1.68 bits per heavy atom. The average molecular weight is 385 g/mol. The van der Waals surface area contributed by atoms with Gasteiger partial charge in [-0.05, 0) is 35.2 Å². The minimum Gasteiger partial charge on any atom is -0.495 e. The van der Waals surface area contributed by atoms with Crippen LogP contribution >= 0.6 is 0 Å². The molecule has 0 fully saturated rings. The lowest BCUT2D eigenvalue weighted by Gasteiger charge is -2.19. The third-order valence-corrected chi connectivity index (χ3v) is 4.04. The number of esters is 1. The van der Waals surface area contributed by atoms with E-state index in [0.717, 1.165) is 0 Å². The fraction of sp³-hybridized carbons (Fsp3) is 0.364. The second-order valence-corrected chi connectivity index (χ2v) is 7.28. The Morgan fingerprint density at radius 1 is 1.00 bits per heavy atom. The number of rotatable bonds is 8. The van der Waals surface area contributed by atoms with Crippen molar-refractivity contribution in [2.75, 3.05) is 25.6 Å². The normalized spacial score (nSPS) is 10.9. The molecule has 0 bridgehead atoms. The quantitative estimate of drug-likeness (QED) is 0.697. The molecule has 6 heteroatoms. The Kier molecular flexibility index (Phi) is 7.44. The summed E-state index contributed by atoms with van der Waals surface area (Å²) in [6.45, 7) is 6.24. The molecule has 0 atom stereocenters. The van der Waals surface area contributed by atoms with Crippen LogP contribution in [-0.4, -0.2) is 32.2 Å². The van der Waals surface area contributed by atoms with Crippen LogP contribution in [-0.2, 0) is 19.7 Å². The van der Waals surface area contributed by atoms with Crippen molar-refractivity contribution in [2.45, 2.75) is 32.6 Å². The molecule has 0 aliphatic heterocycles. The number of carbonyl (C=O) groups excluding carboxylic acids is 2. The summed E-state index contributed by atoms with van der Waals surface area (Å²) >= 11 is 0. The molecule has 0 aromatic heterocycles. The zero-order valence-corrected chi connectivity index (χ0v) is 16.8. The molecule has 0 saturated heterocycles. The van der Waals surface area contributed by atoms with Crippen LogP contribution in [0.1, 0.15) is 32.8 Å². The van der Waals surface area contributed by atoms with Gasteiger partial charge in [0.15, 0.2) is 6.61 Å². The van der Waals surface area contributed by atoms with Crippen molar-refractivity contribution in [3.8, 4) is 11.5 Å². The van der Waals surface area contributed by atoms with Crippen LogP contribution < -0.4 is 14.8 Å². The molecule has 2 rings (SSSR count). The highest BCUT2D eigenvalue weighted by molar-refractivity contribution is 5.94. The SMILES string of the molecule is COc1ccccc1NC(=O)COC(=O)CCOc1ccc(C(C)(C)C)cc1. The summed E-state index contributed by atoms with van der Waals surface area (Å²) in [6, 6.07) is 14.8. The van der Waals surface area contributed by atoms with E-state index < -0.39 is 11.9 Å². The molecule has 0 saturated carbocycles. The van der Waals surface area contributed by atoms with E-state index in [1.165, 1.54) is 12.7 Å². The number of methoxy groups -OCH3 is 1. The Bertz CT molecular complexity index is 793. The summed E-state index contributed by atoms with van der Waals surface area (Å²) in [7, 11) is 1.52. The molecule has 0 aliphatic rings. The number of carbonyl (C=O) groups is 2. The molecule has 28 heavy (non-hydrogen) atoms. The van der Waals surface area contributed by atoms with Crippen LogP contribution in [0.15, 0.2) is 48.5 Å². The number of amides is 1. The second kappa shape index (κ2) is 9.78. The molecule has 0 heterocycles. The number of nitrogens with one attached hydrogen (secondary N) is 1. The van der Waals surface area contributed by atoms with Crippen molar-refractivity contribution in [3.05, 3.63) is 54.1 Å². The van der Waals surface area contributed by atoms with Crippen LogP contribution in [0, 0.1) is 0 Å². The topological polar surface area (TPSA) is 73.9 Å². The molecule has 2 aromatic rings. The van der Waals surface area contributed by atoms with Gasteiger partial charge in [-0.25, -0.2) is 0 Å². The molecule has 0 radical (unpaired) electrons. The van der Waals surface area contributed by atoms with E-state index in [9.17, 15) is 9.59 Å². The lowest BCUT2D eigenvalue weighted by molar-refractivity contribution is -0.147. The first-order chi connectivity index (χ1) is 13.3. The standard InChI is InChI=1S/C22H27NO5/c1-22(2,3)16-9-11-17(12-10-16)27-14-13-21(25)28-15-20(24)23-18-7-5-6-8-19(18)26-4/h5-12H,13-15H2,1-4H3,(H,23,24). The maximum Gasteiger partial charge on any atom is 0.309 e. The maximum atomic E-state index is 11.9. The summed E-state index contributed by atoms with van der Waals surface area (Å²) in [6.07, 6.45) is 0.0585. The first kappa shape index (κ1) is 21.3. The molecule has 150 valence electrons. The second-order valence-electron chi connectivity index (χ2n) is 7.28. The Morgan fingerprint density at radius 3 is 2.32 bits per heavy atom. The molecule has 6 nitrogen and oxygen atoms in total. The number of ether oxygens (including phenoxy) is 3. The zero-order valence-electron chi connectivity index (χ0n) is 16.8. The number of para-hydroxylation sites is 2. The van der Waals surface area contributed by atoms with Crippen LogP contribution in [0.3, 0.4) is 0 Å². The number of hydrogen-bond acceptors (Lipinski definition) is 5. The first-order valence-electron chi connectivity index (χ1n) is 9.11. The smallest absolute Gasteiger partial charge is 0.309 e. The van der Waals surface area contributed by atoms with E-state index in [1.54, 1.807) is 24.3 Å². The molecular weight excluding hydrogens is 358 g/mol. The highest BCUT2D eigenvalue weighted by Crippen LogP contribution is 2.24. The van der Waals surface area contributed by atoms with Crippen molar-refractivity contribution >= 4 is 17.6 Å².